The molecule has 24 heavy (non-hydrogen) atoms. The average Bonchev–Trinajstić information content (AvgIpc) is 2.63. The van der Waals surface area contributed by atoms with E-state index in [0.29, 0.717) is 31.9 Å². The second-order valence-corrected chi connectivity index (χ2v) is 5.65. The molecule has 1 saturated heterocycles. The first-order chi connectivity index (χ1) is 11.6. The number of phenolic OH excluding ortho intramolecular Hbond substituents is 1. The number of ether oxygens (including phenoxy) is 1. The van der Waals surface area contributed by atoms with Crippen LogP contribution in [0.1, 0.15) is 5.56 Å². The summed E-state index contributed by atoms with van der Waals surface area (Å²) in [5.74, 6) is -1.00. The van der Waals surface area contributed by atoms with E-state index in [1.165, 1.54) is 12.1 Å². The highest BCUT2D eigenvalue weighted by molar-refractivity contribution is 5.68. The summed E-state index contributed by atoms with van der Waals surface area (Å²) in [6.45, 7) is 2.45. The maximum atomic E-state index is 13.4. The predicted octanol–water partition coefficient (Wildman–Crippen LogP) is 2.99. The summed E-state index contributed by atoms with van der Waals surface area (Å²) in [5, 5.41) is 9.25. The van der Waals surface area contributed by atoms with E-state index in [0.717, 1.165) is 5.56 Å². The standard InChI is InChI=1S/C18H19FN2O3/c19-16-12-15(6-7-17(16)22)20-8-10-21(11-9-20)18(23)24-13-14-4-2-1-3-5-14/h1-7,12,22H,8-11,13H2. The van der Waals surface area contributed by atoms with Gasteiger partial charge in [0.2, 0.25) is 0 Å². The van der Waals surface area contributed by atoms with Crippen LogP contribution in [0.3, 0.4) is 0 Å². The van der Waals surface area contributed by atoms with Gasteiger partial charge in [-0.05, 0) is 17.7 Å². The number of hydrogen-bond acceptors (Lipinski definition) is 4. The largest absolute Gasteiger partial charge is 0.505 e. The van der Waals surface area contributed by atoms with E-state index in [2.05, 4.69) is 0 Å². The topological polar surface area (TPSA) is 53.0 Å². The Bertz CT molecular complexity index is 701. The minimum atomic E-state index is -0.641. The number of benzene rings is 2. The zero-order valence-corrected chi connectivity index (χ0v) is 13.2. The minimum Gasteiger partial charge on any atom is -0.505 e. The van der Waals surface area contributed by atoms with Gasteiger partial charge in [0.1, 0.15) is 6.61 Å². The van der Waals surface area contributed by atoms with Crippen molar-refractivity contribution in [2.75, 3.05) is 31.1 Å². The van der Waals surface area contributed by atoms with Crippen molar-refractivity contribution in [3.8, 4) is 5.75 Å². The van der Waals surface area contributed by atoms with Gasteiger partial charge in [0.15, 0.2) is 11.6 Å². The first kappa shape index (κ1) is 16.1. The molecule has 1 amide bonds. The van der Waals surface area contributed by atoms with E-state index in [1.54, 1.807) is 11.0 Å². The number of amides is 1. The molecule has 1 aliphatic heterocycles. The van der Waals surface area contributed by atoms with Crippen LogP contribution in [0.5, 0.6) is 5.75 Å². The number of piperazine rings is 1. The number of hydrogen-bond donors (Lipinski definition) is 1. The lowest BCUT2D eigenvalue weighted by Crippen LogP contribution is -2.48. The second-order valence-electron chi connectivity index (χ2n) is 5.65. The van der Waals surface area contributed by atoms with Crippen molar-refractivity contribution in [3.05, 3.63) is 59.9 Å². The summed E-state index contributed by atoms with van der Waals surface area (Å²) in [4.78, 5) is 15.7. The quantitative estimate of drug-likeness (QED) is 0.940. The second kappa shape index (κ2) is 7.21. The molecule has 126 valence electrons. The Morgan fingerprint density at radius 1 is 1.08 bits per heavy atom. The Balaban J connectivity index is 1.51. The molecule has 2 aromatic rings. The van der Waals surface area contributed by atoms with Gasteiger partial charge in [0, 0.05) is 37.9 Å². The zero-order valence-electron chi connectivity index (χ0n) is 13.2. The lowest BCUT2D eigenvalue weighted by Gasteiger charge is -2.35. The molecular weight excluding hydrogens is 311 g/mol. The smallest absolute Gasteiger partial charge is 0.410 e. The van der Waals surface area contributed by atoms with Gasteiger partial charge >= 0.3 is 6.09 Å². The summed E-state index contributed by atoms with van der Waals surface area (Å²) in [5.41, 5.74) is 1.65. The number of anilines is 1. The molecule has 5 nitrogen and oxygen atoms in total. The van der Waals surface area contributed by atoms with Gasteiger partial charge in [-0.3, -0.25) is 0 Å². The fourth-order valence-corrected chi connectivity index (χ4v) is 2.65. The number of phenols is 1. The van der Waals surface area contributed by atoms with Crippen LogP contribution in [-0.4, -0.2) is 42.3 Å². The lowest BCUT2D eigenvalue weighted by atomic mass is 10.2. The van der Waals surface area contributed by atoms with E-state index in [4.69, 9.17) is 4.74 Å². The van der Waals surface area contributed by atoms with Crippen LogP contribution >= 0.6 is 0 Å². The molecule has 0 saturated carbocycles. The van der Waals surface area contributed by atoms with E-state index in [-0.39, 0.29) is 18.4 Å². The van der Waals surface area contributed by atoms with Crippen LogP contribution in [-0.2, 0) is 11.3 Å². The molecule has 1 N–H and O–H groups in total. The average molecular weight is 330 g/mol. The van der Waals surface area contributed by atoms with Crippen molar-refractivity contribution in [2.45, 2.75) is 6.61 Å². The van der Waals surface area contributed by atoms with E-state index in [1.807, 2.05) is 35.2 Å². The highest BCUT2D eigenvalue weighted by Gasteiger charge is 2.22. The first-order valence-corrected chi connectivity index (χ1v) is 7.82. The van der Waals surface area contributed by atoms with Crippen LogP contribution in [0, 0.1) is 5.82 Å². The molecule has 0 radical (unpaired) electrons. The van der Waals surface area contributed by atoms with Gasteiger partial charge in [-0.2, -0.15) is 0 Å². The van der Waals surface area contributed by atoms with Crippen LogP contribution in [0.2, 0.25) is 0 Å². The summed E-state index contributed by atoms with van der Waals surface area (Å²) in [6.07, 6.45) is -0.338. The highest BCUT2D eigenvalue weighted by atomic mass is 19.1. The third-order valence-corrected chi connectivity index (χ3v) is 4.04. The molecule has 1 heterocycles. The van der Waals surface area contributed by atoms with E-state index >= 15 is 0 Å². The molecular formula is C18H19FN2O3. The van der Waals surface area contributed by atoms with Gasteiger partial charge in [0.25, 0.3) is 0 Å². The van der Waals surface area contributed by atoms with Gasteiger partial charge in [-0.15, -0.1) is 0 Å². The van der Waals surface area contributed by atoms with Crippen molar-refractivity contribution < 1.29 is 19.0 Å². The van der Waals surface area contributed by atoms with Gasteiger partial charge in [-0.1, -0.05) is 30.3 Å². The molecule has 2 aromatic carbocycles. The normalized spacial score (nSPS) is 14.5. The third-order valence-electron chi connectivity index (χ3n) is 4.04. The molecule has 0 aromatic heterocycles. The molecule has 6 heteroatoms. The third kappa shape index (κ3) is 3.76. The molecule has 0 bridgehead atoms. The van der Waals surface area contributed by atoms with Crippen LogP contribution in [0.4, 0.5) is 14.9 Å². The van der Waals surface area contributed by atoms with Crippen molar-refractivity contribution in [1.82, 2.24) is 4.90 Å². The molecule has 1 aliphatic rings. The molecule has 1 fully saturated rings. The van der Waals surface area contributed by atoms with Crippen LogP contribution in [0.25, 0.3) is 0 Å². The van der Waals surface area contributed by atoms with Crippen molar-refractivity contribution in [2.24, 2.45) is 0 Å². The molecule has 0 atom stereocenters. The number of rotatable bonds is 3. The number of halogens is 1. The van der Waals surface area contributed by atoms with Crippen molar-refractivity contribution in [1.29, 1.82) is 0 Å². The van der Waals surface area contributed by atoms with Gasteiger partial charge in [-0.25, -0.2) is 9.18 Å². The molecule has 3 rings (SSSR count). The van der Waals surface area contributed by atoms with E-state index < -0.39 is 5.82 Å². The Hall–Kier alpha value is -2.76. The fourth-order valence-electron chi connectivity index (χ4n) is 2.65. The predicted molar refractivity (Wildman–Crippen MR) is 88.5 cm³/mol. The maximum absolute atomic E-state index is 13.4. The summed E-state index contributed by atoms with van der Waals surface area (Å²) >= 11 is 0. The lowest BCUT2D eigenvalue weighted by molar-refractivity contribution is 0.0942. The Labute approximate surface area is 139 Å². The first-order valence-electron chi connectivity index (χ1n) is 7.82. The van der Waals surface area contributed by atoms with Crippen LogP contribution in [0.15, 0.2) is 48.5 Å². The Morgan fingerprint density at radius 3 is 2.46 bits per heavy atom. The Kier molecular flexibility index (Phi) is 4.84. The maximum Gasteiger partial charge on any atom is 0.410 e. The summed E-state index contributed by atoms with van der Waals surface area (Å²) in [6, 6.07) is 13.8. The minimum absolute atomic E-state index is 0.253. The SMILES string of the molecule is O=C(OCc1ccccc1)N1CCN(c2ccc(O)c(F)c2)CC1. The zero-order chi connectivity index (χ0) is 16.9. The molecule has 0 spiro atoms. The summed E-state index contributed by atoms with van der Waals surface area (Å²) < 4.78 is 18.8. The number of carbonyl (C=O) groups is 1. The summed E-state index contributed by atoms with van der Waals surface area (Å²) in [7, 11) is 0. The Morgan fingerprint density at radius 2 is 1.79 bits per heavy atom. The molecule has 0 unspecified atom stereocenters. The number of nitrogens with zero attached hydrogens (tertiary/aromatic N) is 2. The van der Waals surface area contributed by atoms with Gasteiger partial charge < -0.3 is 19.6 Å². The van der Waals surface area contributed by atoms with Gasteiger partial charge in [0.05, 0.1) is 0 Å². The number of carbonyl (C=O) groups excluding carboxylic acids is 1. The highest BCUT2D eigenvalue weighted by Crippen LogP contribution is 2.23. The monoisotopic (exact) mass is 330 g/mol. The number of aromatic hydroxyl groups is 1. The van der Waals surface area contributed by atoms with E-state index in [9.17, 15) is 14.3 Å². The van der Waals surface area contributed by atoms with Crippen molar-refractivity contribution >= 4 is 11.8 Å². The van der Waals surface area contributed by atoms with Crippen LogP contribution < -0.4 is 4.90 Å². The molecule has 0 aliphatic carbocycles. The van der Waals surface area contributed by atoms with Crippen molar-refractivity contribution in [3.63, 3.8) is 0 Å². The fraction of sp³-hybridized carbons (Fsp3) is 0.278.